The molecule has 0 unspecified atom stereocenters. The largest absolute Gasteiger partial charge is 0.332 e. The quantitative estimate of drug-likeness (QED) is 0.651. The van der Waals surface area contributed by atoms with E-state index in [2.05, 4.69) is 5.32 Å². The Bertz CT molecular complexity index is 844. The number of halogens is 2. The van der Waals surface area contributed by atoms with Gasteiger partial charge >= 0.3 is 0 Å². The molecule has 0 saturated heterocycles. The van der Waals surface area contributed by atoms with Gasteiger partial charge in [0.2, 0.25) is 5.91 Å². The third-order valence-electron chi connectivity index (χ3n) is 3.23. The molecule has 0 saturated carbocycles. The van der Waals surface area contributed by atoms with Crippen LogP contribution in [0.1, 0.15) is 10.4 Å². The van der Waals surface area contributed by atoms with Crippen LogP contribution in [-0.2, 0) is 4.79 Å². The van der Waals surface area contributed by atoms with Crippen molar-refractivity contribution in [3.8, 4) is 0 Å². The van der Waals surface area contributed by atoms with Crippen molar-refractivity contribution in [3.63, 3.8) is 0 Å². The number of nitrogens with one attached hydrogen (secondary N) is 1. The van der Waals surface area contributed by atoms with Crippen LogP contribution in [0.2, 0.25) is 5.02 Å². The van der Waals surface area contributed by atoms with Crippen molar-refractivity contribution < 1.29 is 18.9 Å². The van der Waals surface area contributed by atoms with Crippen LogP contribution in [0.5, 0.6) is 0 Å². The number of carbonyl (C=O) groups excluding carboxylic acids is 2. The lowest BCUT2D eigenvalue weighted by Gasteiger charge is -2.17. The summed E-state index contributed by atoms with van der Waals surface area (Å²) in [5, 5.41) is 13.2. The van der Waals surface area contributed by atoms with Gasteiger partial charge in [-0.15, -0.1) is 0 Å². The average molecular weight is 366 g/mol. The summed E-state index contributed by atoms with van der Waals surface area (Å²) in [5.41, 5.74) is -0.115. The molecule has 0 spiro atoms. The molecule has 0 aliphatic rings. The summed E-state index contributed by atoms with van der Waals surface area (Å²) in [5.74, 6) is -1.63. The van der Waals surface area contributed by atoms with Crippen molar-refractivity contribution >= 4 is 34.8 Å². The molecule has 0 heterocycles. The molecule has 0 aromatic heterocycles. The molecule has 9 heteroatoms. The van der Waals surface area contributed by atoms with Crippen LogP contribution in [0.25, 0.3) is 0 Å². The molecule has 2 aromatic carbocycles. The van der Waals surface area contributed by atoms with E-state index in [0.717, 1.165) is 17.0 Å². The smallest absolute Gasteiger partial charge is 0.288 e. The number of benzene rings is 2. The number of nitro groups is 1. The van der Waals surface area contributed by atoms with Gasteiger partial charge in [0.1, 0.15) is 10.8 Å². The summed E-state index contributed by atoms with van der Waals surface area (Å²) in [6.45, 7) is -0.314. The Kier molecular flexibility index (Phi) is 5.66. The summed E-state index contributed by atoms with van der Waals surface area (Å²) in [7, 11) is 1.37. The Morgan fingerprint density at radius 3 is 2.64 bits per heavy atom. The number of hydrogen-bond acceptors (Lipinski definition) is 4. The van der Waals surface area contributed by atoms with E-state index >= 15 is 0 Å². The van der Waals surface area contributed by atoms with Crippen molar-refractivity contribution in [2.24, 2.45) is 0 Å². The molecule has 2 amide bonds. The van der Waals surface area contributed by atoms with Crippen molar-refractivity contribution in [2.75, 3.05) is 18.9 Å². The normalized spacial score (nSPS) is 10.2. The Balaban J connectivity index is 2.06. The van der Waals surface area contributed by atoms with Gasteiger partial charge in [-0.3, -0.25) is 19.7 Å². The second-order valence-electron chi connectivity index (χ2n) is 5.14. The molecule has 0 atom stereocenters. The maximum absolute atomic E-state index is 13.1. The SMILES string of the molecule is CN(CC(=O)Nc1cccc(F)c1)C(=O)c1ccc(Cl)c([N+](=O)[O-])c1. The van der Waals surface area contributed by atoms with E-state index in [0.29, 0.717) is 0 Å². The van der Waals surface area contributed by atoms with Gasteiger partial charge in [0.15, 0.2) is 0 Å². The maximum Gasteiger partial charge on any atom is 0.288 e. The second kappa shape index (κ2) is 7.71. The number of nitrogens with zero attached hydrogens (tertiary/aromatic N) is 2. The molecule has 0 aliphatic carbocycles. The highest BCUT2D eigenvalue weighted by Crippen LogP contribution is 2.25. The molecule has 0 fully saturated rings. The molecular formula is C16H13ClFN3O4. The average Bonchev–Trinajstić information content (AvgIpc) is 2.54. The van der Waals surface area contributed by atoms with Gasteiger partial charge in [-0.25, -0.2) is 4.39 Å². The number of rotatable bonds is 5. The Hall–Kier alpha value is -3.00. The lowest BCUT2D eigenvalue weighted by molar-refractivity contribution is -0.384. The number of anilines is 1. The summed E-state index contributed by atoms with van der Waals surface area (Å²) < 4.78 is 13.1. The number of likely N-dealkylation sites (N-methyl/N-ethyl adjacent to an activating group) is 1. The molecule has 2 aromatic rings. The maximum atomic E-state index is 13.1. The molecular weight excluding hydrogens is 353 g/mol. The first-order valence-corrected chi connectivity index (χ1v) is 7.40. The second-order valence-corrected chi connectivity index (χ2v) is 5.55. The van der Waals surface area contributed by atoms with Crippen molar-refractivity contribution in [3.05, 3.63) is 69.0 Å². The van der Waals surface area contributed by atoms with Gasteiger partial charge in [-0.05, 0) is 30.3 Å². The fourth-order valence-corrected chi connectivity index (χ4v) is 2.25. The van der Waals surface area contributed by atoms with Gasteiger partial charge in [0.05, 0.1) is 11.5 Å². The van der Waals surface area contributed by atoms with Crippen LogP contribution in [0, 0.1) is 15.9 Å². The molecule has 0 bridgehead atoms. The van der Waals surface area contributed by atoms with Crippen molar-refractivity contribution in [1.82, 2.24) is 4.90 Å². The molecule has 0 aliphatic heterocycles. The zero-order valence-electron chi connectivity index (χ0n) is 13.0. The van der Waals surface area contributed by atoms with E-state index in [-0.39, 0.29) is 22.8 Å². The fourth-order valence-electron chi connectivity index (χ4n) is 2.06. The number of nitro benzene ring substituents is 1. The fraction of sp³-hybridized carbons (Fsp3) is 0.125. The third kappa shape index (κ3) is 4.74. The number of carbonyl (C=O) groups is 2. The van der Waals surface area contributed by atoms with Crippen LogP contribution < -0.4 is 5.32 Å². The summed E-state index contributed by atoms with van der Waals surface area (Å²) in [6.07, 6.45) is 0. The number of hydrogen-bond donors (Lipinski definition) is 1. The summed E-state index contributed by atoms with van der Waals surface area (Å²) >= 11 is 5.70. The highest BCUT2D eigenvalue weighted by molar-refractivity contribution is 6.32. The van der Waals surface area contributed by atoms with E-state index in [1.165, 1.54) is 37.4 Å². The molecule has 7 nitrogen and oxygen atoms in total. The highest BCUT2D eigenvalue weighted by atomic mass is 35.5. The molecule has 0 radical (unpaired) electrons. The number of amides is 2. The Morgan fingerprint density at radius 2 is 2.00 bits per heavy atom. The predicted molar refractivity (Wildman–Crippen MR) is 90.1 cm³/mol. The predicted octanol–water partition coefficient (Wildman–Crippen LogP) is 3.10. The van der Waals surface area contributed by atoms with E-state index in [4.69, 9.17) is 11.6 Å². The lowest BCUT2D eigenvalue weighted by atomic mass is 10.2. The molecule has 1 N–H and O–H groups in total. The van der Waals surface area contributed by atoms with Crippen LogP contribution >= 0.6 is 11.6 Å². The Labute approximate surface area is 147 Å². The third-order valence-corrected chi connectivity index (χ3v) is 3.55. The topological polar surface area (TPSA) is 92.6 Å². The zero-order chi connectivity index (χ0) is 18.6. The van der Waals surface area contributed by atoms with Crippen LogP contribution in [0.3, 0.4) is 0 Å². The highest BCUT2D eigenvalue weighted by Gasteiger charge is 2.20. The first-order chi connectivity index (χ1) is 11.8. The molecule has 25 heavy (non-hydrogen) atoms. The van der Waals surface area contributed by atoms with E-state index in [9.17, 15) is 24.1 Å². The van der Waals surface area contributed by atoms with E-state index in [1.54, 1.807) is 0 Å². The van der Waals surface area contributed by atoms with Gasteiger partial charge in [-0.1, -0.05) is 17.7 Å². The first-order valence-electron chi connectivity index (χ1n) is 7.02. The van der Waals surface area contributed by atoms with Gasteiger partial charge < -0.3 is 10.2 Å². The van der Waals surface area contributed by atoms with Gasteiger partial charge in [-0.2, -0.15) is 0 Å². The Morgan fingerprint density at radius 1 is 1.28 bits per heavy atom. The lowest BCUT2D eigenvalue weighted by Crippen LogP contribution is -2.35. The minimum Gasteiger partial charge on any atom is -0.332 e. The van der Waals surface area contributed by atoms with Crippen molar-refractivity contribution in [2.45, 2.75) is 0 Å². The van der Waals surface area contributed by atoms with E-state index in [1.807, 2.05) is 0 Å². The van der Waals surface area contributed by atoms with Crippen molar-refractivity contribution in [1.29, 1.82) is 0 Å². The minimum atomic E-state index is -0.699. The monoisotopic (exact) mass is 365 g/mol. The molecule has 2 rings (SSSR count). The van der Waals surface area contributed by atoms with Gasteiger partial charge in [0, 0.05) is 24.4 Å². The summed E-state index contributed by atoms with van der Waals surface area (Å²) in [4.78, 5) is 35.5. The minimum absolute atomic E-state index is 0.0251. The van der Waals surface area contributed by atoms with Crippen LogP contribution in [-0.4, -0.2) is 35.2 Å². The van der Waals surface area contributed by atoms with Gasteiger partial charge in [0.25, 0.3) is 11.6 Å². The molecule has 130 valence electrons. The van der Waals surface area contributed by atoms with E-state index < -0.39 is 28.2 Å². The summed E-state index contributed by atoms with van der Waals surface area (Å²) in [6, 6.07) is 8.94. The van der Waals surface area contributed by atoms with Crippen LogP contribution in [0.15, 0.2) is 42.5 Å². The standard InChI is InChI=1S/C16H13ClFN3O4/c1-20(9-15(22)19-12-4-2-3-11(18)8-12)16(23)10-5-6-13(17)14(7-10)21(24)25/h2-8H,9H2,1H3,(H,19,22). The zero-order valence-corrected chi connectivity index (χ0v) is 13.8. The first kappa shape index (κ1) is 18.3. The van der Waals surface area contributed by atoms with Crippen LogP contribution in [0.4, 0.5) is 15.8 Å².